The van der Waals surface area contributed by atoms with Crippen LogP contribution in [0.25, 0.3) is 0 Å². The summed E-state index contributed by atoms with van der Waals surface area (Å²) in [5, 5.41) is 1.16. The predicted molar refractivity (Wildman–Crippen MR) is 75.3 cm³/mol. The van der Waals surface area contributed by atoms with Crippen molar-refractivity contribution in [1.82, 2.24) is 0 Å². The molecule has 0 amide bonds. The van der Waals surface area contributed by atoms with Crippen molar-refractivity contribution in [2.24, 2.45) is 0 Å². The molecule has 0 aliphatic heterocycles. The molecule has 0 aliphatic rings. The summed E-state index contributed by atoms with van der Waals surface area (Å²) >= 11 is 3.46. The van der Waals surface area contributed by atoms with E-state index in [9.17, 15) is 4.79 Å². The van der Waals surface area contributed by atoms with Crippen LogP contribution in [-0.2, 0) is 4.79 Å². The molecular formula is C14H27BrO. The second kappa shape index (κ2) is 15.1. The molecule has 96 valence electrons. The average Bonchev–Trinajstić information content (AvgIpc) is 2.31. The first kappa shape index (κ1) is 16.1. The standard InChI is InChI=1S/C14H27BrO/c15-13-11-9-7-5-3-1-2-4-6-8-10-12-14-16/h14H,1-13H2. The molecule has 0 aromatic carbocycles. The zero-order valence-electron chi connectivity index (χ0n) is 10.6. The van der Waals surface area contributed by atoms with Gasteiger partial charge in [0.05, 0.1) is 0 Å². The van der Waals surface area contributed by atoms with Crippen LogP contribution in [0.1, 0.15) is 77.0 Å². The van der Waals surface area contributed by atoms with E-state index in [4.69, 9.17) is 0 Å². The van der Waals surface area contributed by atoms with Gasteiger partial charge in [0.25, 0.3) is 0 Å². The van der Waals surface area contributed by atoms with Gasteiger partial charge in [0.1, 0.15) is 6.29 Å². The van der Waals surface area contributed by atoms with Crippen molar-refractivity contribution in [3.05, 3.63) is 0 Å². The van der Waals surface area contributed by atoms with Crippen molar-refractivity contribution in [2.45, 2.75) is 77.0 Å². The largest absolute Gasteiger partial charge is 0.303 e. The van der Waals surface area contributed by atoms with E-state index in [0.29, 0.717) is 0 Å². The third-order valence-electron chi connectivity index (χ3n) is 2.96. The van der Waals surface area contributed by atoms with E-state index < -0.39 is 0 Å². The van der Waals surface area contributed by atoms with Gasteiger partial charge in [-0.1, -0.05) is 73.7 Å². The Kier molecular flexibility index (Phi) is 15.3. The lowest BCUT2D eigenvalue weighted by molar-refractivity contribution is -0.107. The maximum absolute atomic E-state index is 10.1. The number of halogens is 1. The summed E-state index contributed by atoms with van der Waals surface area (Å²) in [5.41, 5.74) is 0. The van der Waals surface area contributed by atoms with Gasteiger partial charge < -0.3 is 4.79 Å². The van der Waals surface area contributed by atoms with Crippen LogP contribution in [-0.4, -0.2) is 11.6 Å². The second-order valence-corrected chi connectivity index (χ2v) is 5.33. The van der Waals surface area contributed by atoms with Gasteiger partial charge in [-0.25, -0.2) is 0 Å². The van der Waals surface area contributed by atoms with Gasteiger partial charge in [-0.15, -0.1) is 0 Å². The number of carbonyl (C=O) groups excluding carboxylic acids is 1. The van der Waals surface area contributed by atoms with E-state index >= 15 is 0 Å². The molecule has 0 spiro atoms. The van der Waals surface area contributed by atoms with Crippen LogP contribution in [0.15, 0.2) is 0 Å². The lowest BCUT2D eigenvalue weighted by atomic mass is 10.1. The Morgan fingerprint density at radius 3 is 1.38 bits per heavy atom. The highest BCUT2D eigenvalue weighted by molar-refractivity contribution is 9.09. The molecule has 0 fully saturated rings. The number of rotatable bonds is 13. The topological polar surface area (TPSA) is 17.1 Å². The molecule has 0 heterocycles. The Morgan fingerprint density at radius 2 is 1.00 bits per heavy atom. The zero-order chi connectivity index (χ0) is 11.9. The second-order valence-electron chi connectivity index (χ2n) is 4.53. The van der Waals surface area contributed by atoms with Crippen LogP contribution in [0.2, 0.25) is 0 Å². The van der Waals surface area contributed by atoms with Crippen molar-refractivity contribution >= 4 is 22.2 Å². The summed E-state index contributed by atoms with van der Waals surface area (Å²) in [6, 6.07) is 0. The third kappa shape index (κ3) is 14.1. The lowest BCUT2D eigenvalue weighted by Crippen LogP contribution is -1.83. The fourth-order valence-corrected chi connectivity index (χ4v) is 2.31. The molecule has 0 atom stereocenters. The zero-order valence-corrected chi connectivity index (χ0v) is 12.1. The van der Waals surface area contributed by atoms with Gasteiger partial charge in [-0.05, 0) is 12.8 Å². The molecule has 0 saturated carbocycles. The van der Waals surface area contributed by atoms with E-state index in [1.807, 2.05) is 0 Å². The molecule has 0 aliphatic carbocycles. The molecule has 0 saturated heterocycles. The highest BCUT2D eigenvalue weighted by Gasteiger charge is 1.93. The Balaban J connectivity index is 2.85. The Hall–Kier alpha value is 0.150. The highest BCUT2D eigenvalue weighted by atomic mass is 79.9. The van der Waals surface area contributed by atoms with Gasteiger partial charge >= 0.3 is 0 Å². The first-order valence-corrected chi connectivity index (χ1v) is 8.03. The van der Waals surface area contributed by atoms with E-state index in [1.54, 1.807) is 0 Å². The quantitative estimate of drug-likeness (QED) is 0.257. The van der Waals surface area contributed by atoms with Crippen molar-refractivity contribution in [3.8, 4) is 0 Å². The summed E-state index contributed by atoms with van der Waals surface area (Å²) in [7, 11) is 0. The van der Waals surface area contributed by atoms with Crippen LogP contribution in [0.5, 0.6) is 0 Å². The van der Waals surface area contributed by atoms with Gasteiger partial charge in [0, 0.05) is 11.8 Å². The number of carbonyl (C=O) groups is 1. The van der Waals surface area contributed by atoms with Gasteiger partial charge in [-0.3, -0.25) is 0 Å². The summed E-state index contributed by atoms with van der Waals surface area (Å²) in [6.45, 7) is 0. The van der Waals surface area contributed by atoms with Crippen LogP contribution in [0.4, 0.5) is 0 Å². The minimum Gasteiger partial charge on any atom is -0.303 e. The van der Waals surface area contributed by atoms with Crippen LogP contribution in [0.3, 0.4) is 0 Å². The van der Waals surface area contributed by atoms with Crippen molar-refractivity contribution in [3.63, 3.8) is 0 Å². The van der Waals surface area contributed by atoms with Crippen molar-refractivity contribution in [2.75, 3.05) is 5.33 Å². The molecule has 0 radical (unpaired) electrons. The Morgan fingerprint density at radius 1 is 0.625 bits per heavy atom. The number of alkyl halides is 1. The highest BCUT2D eigenvalue weighted by Crippen LogP contribution is 2.11. The maximum Gasteiger partial charge on any atom is 0.119 e. The average molecular weight is 291 g/mol. The first-order chi connectivity index (χ1) is 7.91. The van der Waals surface area contributed by atoms with E-state index in [-0.39, 0.29) is 0 Å². The molecule has 0 rings (SSSR count). The lowest BCUT2D eigenvalue weighted by Gasteiger charge is -2.01. The van der Waals surface area contributed by atoms with Crippen LogP contribution < -0.4 is 0 Å². The molecule has 0 unspecified atom stereocenters. The normalized spacial score (nSPS) is 10.6. The first-order valence-electron chi connectivity index (χ1n) is 6.91. The smallest absolute Gasteiger partial charge is 0.119 e. The monoisotopic (exact) mass is 290 g/mol. The summed E-state index contributed by atoms with van der Waals surface area (Å²) in [5.74, 6) is 0. The maximum atomic E-state index is 10.1. The van der Waals surface area contributed by atoms with E-state index in [0.717, 1.165) is 24.5 Å². The fraction of sp³-hybridized carbons (Fsp3) is 0.929. The number of hydrogen-bond donors (Lipinski definition) is 0. The van der Waals surface area contributed by atoms with Crippen LogP contribution in [0, 0.1) is 0 Å². The van der Waals surface area contributed by atoms with Gasteiger partial charge in [-0.2, -0.15) is 0 Å². The third-order valence-corrected chi connectivity index (χ3v) is 3.52. The van der Waals surface area contributed by atoms with Crippen molar-refractivity contribution < 1.29 is 4.79 Å². The molecular weight excluding hydrogens is 264 g/mol. The molecule has 0 aromatic heterocycles. The predicted octanol–water partition coefficient (Wildman–Crippen LogP) is 5.26. The molecule has 0 N–H and O–H groups in total. The SMILES string of the molecule is O=CCCCCCCCCCCCCCBr. The molecule has 0 aromatic rings. The Bertz CT molecular complexity index is 137. The number of hydrogen-bond acceptors (Lipinski definition) is 1. The van der Waals surface area contributed by atoms with Gasteiger partial charge in [0.2, 0.25) is 0 Å². The summed E-state index contributed by atoms with van der Waals surface area (Å²) in [4.78, 5) is 10.1. The molecule has 2 heteroatoms. The molecule has 0 bridgehead atoms. The van der Waals surface area contributed by atoms with Gasteiger partial charge in [0.15, 0.2) is 0 Å². The Labute approximate surface area is 110 Å². The van der Waals surface area contributed by atoms with E-state index in [2.05, 4.69) is 15.9 Å². The number of unbranched alkanes of at least 4 members (excludes halogenated alkanes) is 11. The molecule has 16 heavy (non-hydrogen) atoms. The van der Waals surface area contributed by atoms with E-state index in [1.165, 1.54) is 64.2 Å². The minimum atomic E-state index is 0.758. The number of aldehydes is 1. The summed E-state index contributed by atoms with van der Waals surface area (Å²) < 4.78 is 0. The van der Waals surface area contributed by atoms with Crippen LogP contribution >= 0.6 is 15.9 Å². The fourth-order valence-electron chi connectivity index (χ4n) is 1.91. The van der Waals surface area contributed by atoms with Crippen molar-refractivity contribution in [1.29, 1.82) is 0 Å². The summed E-state index contributed by atoms with van der Waals surface area (Å²) in [6.07, 6.45) is 16.5. The minimum absolute atomic E-state index is 0.758. The molecule has 1 nitrogen and oxygen atoms in total.